The van der Waals surface area contributed by atoms with Crippen molar-refractivity contribution in [2.75, 3.05) is 0 Å². The molecular weight excluding hydrogens is 320 g/mol. The molecule has 2 aromatic rings. The molecule has 0 radical (unpaired) electrons. The molecule has 1 aliphatic heterocycles. The number of benzene rings is 1. The van der Waals surface area contributed by atoms with Crippen LogP contribution in [0.1, 0.15) is 29.3 Å². The molecule has 1 aromatic heterocycles. The second kappa shape index (κ2) is 7.62. The first-order valence-corrected chi connectivity index (χ1v) is 9.00. The van der Waals surface area contributed by atoms with E-state index in [1.807, 2.05) is 24.4 Å². The van der Waals surface area contributed by atoms with Gasteiger partial charge < -0.3 is 5.32 Å². The van der Waals surface area contributed by atoms with Crippen molar-refractivity contribution < 1.29 is 9.59 Å². The molecule has 0 aliphatic carbocycles. The van der Waals surface area contributed by atoms with Gasteiger partial charge >= 0.3 is 0 Å². The van der Waals surface area contributed by atoms with E-state index in [2.05, 4.69) is 35.4 Å². The van der Waals surface area contributed by atoms with E-state index in [0.29, 0.717) is 6.42 Å². The number of pyridine rings is 1. The van der Waals surface area contributed by atoms with Crippen LogP contribution in [0.25, 0.3) is 0 Å². The van der Waals surface area contributed by atoms with Gasteiger partial charge in [-0.05, 0) is 42.0 Å². The Hall–Kier alpha value is -2.14. The number of carbonyl (C=O) groups excluding carboxylic acids is 2. The van der Waals surface area contributed by atoms with Gasteiger partial charge in [0, 0.05) is 30.1 Å². The second-order valence-electron chi connectivity index (χ2n) is 5.89. The number of aromatic nitrogens is 1. The number of nitrogens with zero attached hydrogens (tertiary/aromatic N) is 1. The van der Waals surface area contributed by atoms with Gasteiger partial charge in [0.1, 0.15) is 6.04 Å². The molecule has 0 saturated carbocycles. The van der Waals surface area contributed by atoms with E-state index in [9.17, 15) is 9.59 Å². The van der Waals surface area contributed by atoms with Crippen LogP contribution in [0.15, 0.2) is 42.6 Å². The zero-order chi connectivity index (χ0) is 16.9. The summed E-state index contributed by atoms with van der Waals surface area (Å²) < 4.78 is 0. The van der Waals surface area contributed by atoms with E-state index >= 15 is 0 Å². The van der Waals surface area contributed by atoms with Crippen molar-refractivity contribution in [3.05, 3.63) is 65.0 Å². The number of amides is 1. The van der Waals surface area contributed by atoms with Crippen molar-refractivity contribution in [3.63, 3.8) is 0 Å². The Morgan fingerprint density at radius 2 is 1.83 bits per heavy atom. The summed E-state index contributed by atoms with van der Waals surface area (Å²) in [7, 11) is 0. The highest BCUT2D eigenvalue weighted by atomic mass is 32.2. The fraction of sp³-hybridized carbons (Fsp3) is 0.316. The molecule has 1 saturated heterocycles. The van der Waals surface area contributed by atoms with Gasteiger partial charge in [-0.15, -0.1) is 0 Å². The summed E-state index contributed by atoms with van der Waals surface area (Å²) in [4.78, 5) is 27.3. The minimum atomic E-state index is -0.394. The lowest BCUT2D eigenvalue weighted by molar-refractivity contribution is -0.112. The topological polar surface area (TPSA) is 59.1 Å². The molecule has 5 heteroatoms. The SMILES string of the molecule is CCc1cccnc1CCc1ccc(CC2NC(=O)SC2=O)cc1. The molecule has 1 amide bonds. The van der Waals surface area contributed by atoms with Crippen molar-refractivity contribution in [1.82, 2.24) is 10.3 Å². The first-order valence-electron chi connectivity index (χ1n) is 8.18. The van der Waals surface area contributed by atoms with Crippen LogP contribution in [0.5, 0.6) is 0 Å². The van der Waals surface area contributed by atoms with Gasteiger partial charge in [0.15, 0.2) is 0 Å². The number of carbonyl (C=O) groups is 2. The van der Waals surface area contributed by atoms with Crippen molar-refractivity contribution in [2.24, 2.45) is 0 Å². The Labute approximate surface area is 146 Å². The van der Waals surface area contributed by atoms with Crippen LogP contribution in [0.4, 0.5) is 4.79 Å². The number of rotatable bonds is 6. The normalized spacial score (nSPS) is 17.1. The zero-order valence-electron chi connectivity index (χ0n) is 13.6. The molecule has 1 unspecified atom stereocenters. The molecule has 1 atom stereocenters. The van der Waals surface area contributed by atoms with Crippen molar-refractivity contribution >= 4 is 22.1 Å². The number of aryl methyl sites for hydroxylation is 3. The van der Waals surface area contributed by atoms with Crippen LogP contribution in [-0.2, 0) is 30.5 Å². The van der Waals surface area contributed by atoms with E-state index in [4.69, 9.17) is 0 Å². The Morgan fingerprint density at radius 1 is 1.08 bits per heavy atom. The van der Waals surface area contributed by atoms with Crippen molar-refractivity contribution in [3.8, 4) is 0 Å². The predicted molar refractivity (Wildman–Crippen MR) is 96.1 cm³/mol. The van der Waals surface area contributed by atoms with E-state index < -0.39 is 6.04 Å². The summed E-state index contributed by atoms with van der Waals surface area (Å²) in [6.45, 7) is 2.15. The number of hydrogen-bond donors (Lipinski definition) is 1. The summed E-state index contributed by atoms with van der Waals surface area (Å²) in [5.41, 5.74) is 4.79. The highest BCUT2D eigenvalue weighted by molar-refractivity contribution is 8.26. The quantitative estimate of drug-likeness (QED) is 0.876. The first-order chi connectivity index (χ1) is 11.7. The summed E-state index contributed by atoms with van der Waals surface area (Å²) in [6.07, 6.45) is 5.28. The molecule has 4 nitrogen and oxygen atoms in total. The third-order valence-corrected chi connectivity index (χ3v) is 5.04. The van der Waals surface area contributed by atoms with Crippen LogP contribution >= 0.6 is 11.8 Å². The highest BCUT2D eigenvalue weighted by Crippen LogP contribution is 2.19. The van der Waals surface area contributed by atoms with E-state index in [1.54, 1.807) is 0 Å². The Bertz CT molecular complexity index is 743. The molecule has 0 spiro atoms. The van der Waals surface area contributed by atoms with Crippen LogP contribution in [0.2, 0.25) is 0 Å². The first kappa shape index (κ1) is 16.7. The lowest BCUT2D eigenvalue weighted by atomic mass is 10.0. The van der Waals surface area contributed by atoms with Crippen LogP contribution in [0, 0.1) is 0 Å². The third kappa shape index (κ3) is 4.03. The van der Waals surface area contributed by atoms with Gasteiger partial charge in [-0.2, -0.15) is 0 Å². The summed E-state index contributed by atoms with van der Waals surface area (Å²) >= 11 is 0.764. The number of hydrogen-bond acceptors (Lipinski definition) is 4. The number of nitrogens with one attached hydrogen (secondary N) is 1. The molecule has 1 fully saturated rings. The molecule has 1 aliphatic rings. The van der Waals surface area contributed by atoms with E-state index in [-0.39, 0.29) is 10.4 Å². The minimum Gasteiger partial charge on any atom is -0.335 e. The van der Waals surface area contributed by atoms with E-state index in [0.717, 1.165) is 36.6 Å². The molecule has 1 N–H and O–H groups in total. The maximum Gasteiger partial charge on any atom is 0.287 e. The predicted octanol–water partition coefficient (Wildman–Crippen LogP) is 3.32. The molecule has 2 heterocycles. The number of thioether (sulfide) groups is 1. The van der Waals surface area contributed by atoms with Crippen LogP contribution in [-0.4, -0.2) is 21.4 Å². The summed E-state index contributed by atoms with van der Waals surface area (Å²) in [5, 5.41) is 2.35. The average molecular weight is 340 g/mol. The monoisotopic (exact) mass is 340 g/mol. The van der Waals surface area contributed by atoms with Crippen LogP contribution in [0.3, 0.4) is 0 Å². The van der Waals surface area contributed by atoms with Gasteiger partial charge in [0.25, 0.3) is 5.24 Å². The van der Waals surface area contributed by atoms with Crippen molar-refractivity contribution in [1.29, 1.82) is 0 Å². The maximum absolute atomic E-state index is 11.6. The van der Waals surface area contributed by atoms with Gasteiger partial charge in [-0.1, -0.05) is 37.3 Å². The standard InChI is InChI=1S/C19H20N2O2S/c1-2-15-4-3-11-20-16(15)10-9-13-5-7-14(8-6-13)12-17-18(22)24-19(23)21-17/h3-8,11,17H,2,9-10,12H2,1H3,(H,21,23). The summed E-state index contributed by atoms with van der Waals surface area (Å²) in [6, 6.07) is 12.0. The molecule has 1 aromatic carbocycles. The highest BCUT2D eigenvalue weighted by Gasteiger charge is 2.31. The fourth-order valence-corrected chi connectivity index (χ4v) is 3.55. The molecule has 24 heavy (non-hydrogen) atoms. The Kier molecular flexibility index (Phi) is 5.30. The zero-order valence-corrected chi connectivity index (χ0v) is 14.4. The molecular formula is C19H20N2O2S. The lowest BCUT2D eigenvalue weighted by Crippen LogP contribution is -2.30. The Morgan fingerprint density at radius 3 is 2.50 bits per heavy atom. The van der Waals surface area contributed by atoms with Crippen molar-refractivity contribution in [2.45, 2.75) is 38.6 Å². The van der Waals surface area contributed by atoms with E-state index in [1.165, 1.54) is 16.8 Å². The van der Waals surface area contributed by atoms with Crippen LogP contribution < -0.4 is 5.32 Å². The average Bonchev–Trinajstić information content (AvgIpc) is 2.91. The van der Waals surface area contributed by atoms with Gasteiger partial charge in [0.05, 0.1) is 0 Å². The lowest BCUT2D eigenvalue weighted by Gasteiger charge is -2.09. The Balaban J connectivity index is 1.58. The van der Waals surface area contributed by atoms with Gasteiger partial charge in [-0.25, -0.2) is 0 Å². The van der Waals surface area contributed by atoms with Gasteiger partial charge in [-0.3, -0.25) is 14.6 Å². The molecule has 3 rings (SSSR count). The minimum absolute atomic E-state index is 0.0914. The summed E-state index contributed by atoms with van der Waals surface area (Å²) in [5.74, 6) is 0. The fourth-order valence-electron chi connectivity index (χ4n) is 2.89. The largest absolute Gasteiger partial charge is 0.335 e. The molecule has 124 valence electrons. The molecule has 0 bridgehead atoms. The smallest absolute Gasteiger partial charge is 0.287 e. The maximum atomic E-state index is 11.6. The third-order valence-electron chi connectivity index (χ3n) is 4.25. The van der Waals surface area contributed by atoms with Gasteiger partial charge in [0.2, 0.25) is 5.12 Å². The second-order valence-corrected chi connectivity index (χ2v) is 6.87.